The number of hydrogen-bond acceptors (Lipinski definition) is 5. The average Bonchev–Trinajstić information content (AvgIpc) is 2.95. The van der Waals surface area contributed by atoms with Crippen molar-refractivity contribution >= 4 is 17.6 Å². The number of ether oxygens (including phenoxy) is 1. The van der Waals surface area contributed by atoms with Crippen molar-refractivity contribution in [3.8, 4) is 5.75 Å². The van der Waals surface area contributed by atoms with Crippen molar-refractivity contribution in [3.05, 3.63) is 34.4 Å². The number of nitro groups is 1. The fourth-order valence-electron chi connectivity index (χ4n) is 2.21. The fraction of sp³-hybridized carbons (Fsp3) is 0.385. The van der Waals surface area contributed by atoms with E-state index in [2.05, 4.69) is 0 Å². The zero-order valence-corrected chi connectivity index (χ0v) is 11.1. The van der Waals surface area contributed by atoms with Crippen LogP contribution in [-0.4, -0.2) is 46.0 Å². The van der Waals surface area contributed by atoms with Crippen LogP contribution in [0.4, 0.5) is 5.69 Å². The largest absolute Gasteiger partial charge is 0.484 e. The number of nitrogens with zero attached hydrogens (tertiary/aromatic N) is 2. The molecule has 1 heterocycles. The van der Waals surface area contributed by atoms with Crippen LogP contribution in [0.5, 0.6) is 5.75 Å². The number of non-ortho nitro benzene ring substituents is 1. The molecule has 1 saturated heterocycles. The van der Waals surface area contributed by atoms with Crippen molar-refractivity contribution in [3.63, 3.8) is 0 Å². The van der Waals surface area contributed by atoms with Crippen LogP contribution < -0.4 is 4.74 Å². The predicted octanol–water partition coefficient (Wildman–Crippen LogP) is 1.05. The molecule has 1 unspecified atom stereocenters. The van der Waals surface area contributed by atoms with E-state index < -0.39 is 22.8 Å². The van der Waals surface area contributed by atoms with Gasteiger partial charge in [-0.3, -0.25) is 14.9 Å². The summed E-state index contributed by atoms with van der Waals surface area (Å²) >= 11 is 0. The monoisotopic (exact) mass is 294 g/mol. The van der Waals surface area contributed by atoms with Crippen LogP contribution in [0.25, 0.3) is 0 Å². The molecule has 0 bridgehead atoms. The van der Waals surface area contributed by atoms with Crippen LogP contribution in [0, 0.1) is 10.1 Å². The van der Waals surface area contributed by atoms with Crippen LogP contribution in [0.15, 0.2) is 24.3 Å². The number of benzene rings is 1. The van der Waals surface area contributed by atoms with Gasteiger partial charge in [0.15, 0.2) is 6.61 Å². The van der Waals surface area contributed by atoms with Gasteiger partial charge in [0.2, 0.25) is 0 Å². The summed E-state index contributed by atoms with van der Waals surface area (Å²) in [6.07, 6.45) is 1.10. The van der Waals surface area contributed by atoms with Crippen molar-refractivity contribution in [1.29, 1.82) is 0 Å². The fourth-order valence-corrected chi connectivity index (χ4v) is 2.21. The van der Waals surface area contributed by atoms with Crippen LogP contribution in [0.3, 0.4) is 0 Å². The van der Waals surface area contributed by atoms with Crippen molar-refractivity contribution in [1.82, 2.24) is 4.90 Å². The summed E-state index contributed by atoms with van der Waals surface area (Å²) in [7, 11) is 0. The zero-order chi connectivity index (χ0) is 15.4. The molecule has 1 amide bonds. The van der Waals surface area contributed by atoms with Gasteiger partial charge < -0.3 is 14.7 Å². The highest BCUT2D eigenvalue weighted by molar-refractivity contribution is 5.85. The maximum Gasteiger partial charge on any atom is 0.326 e. The molecule has 0 spiro atoms. The highest BCUT2D eigenvalue weighted by atomic mass is 16.6. The molecule has 0 saturated carbocycles. The van der Waals surface area contributed by atoms with Gasteiger partial charge in [-0.25, -0.2) is 4.79 Å². The molecule has 0 aromatic heterocycles. The molecule has 1 aliphatic rings. The van der Waals surface area contributed by atoms with Gasteiger partial charge in [-0.2, -0.15) is 0 Å². The standard InChI is InChI=1S/C13H14N2O6/c16-12(14-7-1-2-11(14)13(17)18)8-21-10-5-3-9(4-6-10)15(19)20/h3-6,11H,1-2,7-8H2,(H,17,18). The summed E-state index contributed by atoms with van der Waals surface area (Å²) in [6, 6.07) is 4.54. The number of hydrogen-bond donors (Lipinski definition) is 1. The van der Waals surface area contributed by atoms with Gasteiger partial charge in [0, 0.05) is 18.7 Å². The van der Waals surface area contributed by atoms with Crippen molar-refractivity contribution in [2.24, 2.45) is 0 Å². The molecule has 0 radical (unpaired) electrons. The average molecular weight is 294 g/mol. The number of carbonyl (C=O) groups excluding carboxylic acids is 1. The van der Waals surface area contributed by atoms with Gasteiger partial charge in [0.05, 0.1) is 4.92 Å². The maximum atomic E-state index is 11.9. The Bertz CT molecular complexity index is 556. The normalized spacial score (nSPS) is 17.5. The van der Waals surface area contributed by atoms with Gasteiger partial charge in [-0.1, -0.05) is 0 Å². The predicted molar refractivity (Wildman–Crippen MR) is 71.0 cm³/mol. The molecule has 1 aliphatic heterocycles. The van der Waals surface area contributed by atoms with Crippen molar-refractivity contribution in [2.75, 3.05) is 13.2 Å². The van der Waals surface area contributed by atoms with E-state index in [0.29, 0.717) is 25.1 Å². The molecule has 112 valence electrons. The molecule has 8 heteroatoms. The Labute approximate surface area is 120 Å². The summed E-state index contributed by atoms with van der Waals surface area (Å²) in [5, 5.41) is 19.5. The Hall–Kier alpha value is -2.64. The van der Waals surface area contributed by atoms with Crippen molar-refractivity contribution < 1.29 is 24.4 Å². The van der Waals surface area contributed by atoms with Crippen LogP contribution in [-0.2, 0) is 9.59 Å². The number of nitro benzene ring substituents is 1. The number of rotatable bonds is 5. The minimum Gasteiger partial charge on any atom is -0.484 e. The summed E-state index contributed by atoms with van der Waals surface area (Å²) in [5.74, 6) is -1.10. The van der Waals surface area contributed by atoms with E-state index in [-0.39, 0.29) is 12.3 Å². The molecule has 1 aromatic rings. The number of carboxylic acids is 1. The van der Waals surface area contributed by atoms with E-state index in [9.17, 15) is 19.7 Å². The van der Waals surface area contributed by atoms with Crippen LogP contribution >= 0.6 is 0 Å². The Morgan fingerprint density at radius 3 is 2.62 bits per heavy atom. The van der Waals surface area contributed by atoms with Crippen molar-refractivity contribution in [2.45, 2.75) is 18.9 Å². The molecular weight excluding hydrogens is 280 g/mol. The third-order valence-electron chi connectivity index (χ3n) is 3.27. The lowest BCUT2D eigenvalue weighted by molar-refractivity contribution is -0.384. The first kappa shape index (κ1) is 14.8. The number of amides is 1. The highest BCUT2D eigenvalue weighted by Crippen LogP contribution is 2.19. The number of carbonyl (C=O) groups is 2. The van der Waals surface area contributed by atoms with E-state index in [1.807, 2.05) is 0 Å². The number of carboxylic acid groups (broad SMARTS) is 1. The third-order valence-corrected chi connectivity index (χ3v) is 3.27. The first-order valence-corrected chi connectivity index (χ1v) is 6.38. The van der Waals surface area contributed by atoms with Crippen LogP contribution in [0.2, 0.25) is 0 Å². The summed E-state index contributed by atoms with van der Waals surface area (Å²) in [4.78, 5) is 34.2. The second-order valence-electron chi connectivity index (χ2n) is 4.62. The molecule has 1 atom stereocenters. The molecule has 0 aliphatic carbocycles. The van der Waals surface area contributed by atoms with Gasteiger partial charge in [0.25, 0.3) is 11.6 Å². The molecule has 8 nitrogen and oxygen atoms in total. The lowest BCUT2D eigenvalue weighted by Gasteiger charge is -2.21. The lowest BCUT2D eigenvalue weighted by atomic mass is 10.2. The summed E-state index contributed by atoms with van der Waals surface area (Å²) in [6.45, 7) is 0.112. The van der Waals surface area contributed by atoms with E-state index in [4.69, 9.17) is 9.84 Å². The second-order valence-corrected chi connectivity index (χ2v) is 4.62. The van der Waals surface area contributed by atoms with Crippen LogP contribution in [0.1, 0.15) is 12.8 Å². The van der Waals surface area contributed by atoms with E-state index in [1.165, 1.54) is 29.2 Å². The summed E-state index contributed by atoms with van der Waals surface area (Å²) in [5.41, 5.74) is -0.0702. The molecular formula is C13H14N2O6. The van der Waals surface area contributed by atoms with E-state index in [1.54, 1.807) is 0 Å². The number of aliphatic carboxylic acids is 1. The Balaban J connectivity index is 1.91. The first-order chi connectivity index (χ1) is 9.99. The third kappa shape index (κ3) is 3.47. The molecule has 1 aromatic carbocycles. The lowest BCUT2D eigenvalue weighted by Crippen LogP contribution is -2.42. The quantitative estimate of drug-likeness (QED) is 0.642. The highest BCUT2D eigenvalue weighted by Gasteiger charge is 2.33. The van der Waals surface area contributed by atoms with E-state index in [0.717, 1.165) is 0 Å². The van der Waals surface area contributed by atoms with Gasteiger partial charge in [-0.15, -0.1) is 0 Å². The Kier molecular flexibility index (Phi) is 4.36. The molecule has 1 fully saturated rings. The molecule has 1 N–H and O–H groups in total. The topological polar surface area (TPSA) is 110 Å². The van der Waals surface area contributed by atoms with Gasteiger partial charge >= 0.3 is 5.97 Å². The minimum atomic E-state index is -1.02. The zero-order valence-electron chi connectivity index (χ0n) is 11.1. The number of likely N-dealkylation sites (tertiary alicyclic amines) is 1. The first-order valence-electron chi connectivity index (χ1n) is 6.38. The molecule has 21 heavy (non-hydrogen) atoms. The minimum absolute atomic E-state index is 0.0702. The SMILES string of the molecule is O=C(O)C1CCCN1C(=O)COc1ccc([N+](=O)[O-])cc1. The maximum absolute atomic E-state index is 11.9. The summed E-state index contributed by atoms with van der Waals surface area (Å²) < 4.78 is 5.24. The molecule has 2 rings (SSSR count). The Morgan fingerprint density at radius 1 is 1.38 bits per heavy atom. The second kappa shape index (κ2) is 6.21. The van der Waals surface area contributed by atoms with Gasteiger partial charge in [0.1, 0.15) is 11.8 Å². The van der Waals surface area contributed by atoms with Gasteiger partial charge in [-0.05, 0) is 25.0 Å². The van der Waals surface area contributed by atoms with E-state index >= 15 is 0 Å². The Morgan fingerprint density at radius 2 is 2.05 bits per heavy atom. The smallest absolute Gasteiger partial charge is 0.326 e.